The minimum Gasteiger partial charge on any atom is -0.493 e. The molecule has 0 saturated carbocycles. The molecular weight excluding hydrogens is 518 g/mol. The van der Waals surface area contributed by atoms with E-state index in [1.54, 1.807) is 24.0 Å². The van der Waals surface area contributed by atoms with Crippen molar-refractivity contribution in [3.8, 4) is 11.5 Å². The van der Waals surface area contributed by atoms with Gasteiger partial charge in [0.1, 0.15) is 18.1 Å². The monoisotopic (exact) mass is 561 g/mol. The molecule has 2 aromatic carbocycles. The lowest BCUT2D eigenvalue weighted by Crippen LogP contribution is -2.46. The molecule has 8 heteroatoms. The van der Waals surface area contributed by atoms with Gasteiger partial charge in [0.15, 0.2) is 11.5 Å². The molecule has 0 N–H and O–H groups in total. The smallest absolute Gasteiger partial charge is 0.254 e. The van der Waals surface area contributed by atoms with Gasteiger partial charge in [-0.3, -0.25) is 9.59 Å². The summed E-state index contributed by atoms with van der Waals surface area (Å²) in [6.45, 7) is 8.03. The first-order chi connectivity index (χ1) is 19.9. The summed E-state index contributed by atoms with van der Waals surface area (Å²) >= 11 is 0. The fourth-order valence-electron chi connectivity index (χ4n) is 5.19. The van der Waals surface area contributed by atoms with Gasteiger partial charge in [0.2, 0.25) is 5.91 Å². The van der Waals surface area contributed by atoms with Crippen LogP contribution in [0.3, 0.4) is 0 Å². The molecule has 1 fully saturated rings. The minimum atomic E-state index is -0.121. The van der Waals surface area contributed by atoms with Gasteiger partial charge in [0.25, 0.3) is 5.91 Å². The number of benzene rings is 2. The van der Waals surface area contributed by atoms with Gasteiger partial charge in [0, 0.05) is 25.2 Å². The average Bonchev–Trinajstić information content (AvgIpc) is 3.41. The van der Waals surface area contributed by atoms with Gasteiger partial charge < -0.3 is 28.6 Å². The molecule has 0 unspecified atom stereocenters. The number of furan rings is 1. The number of likely N-dealkylation sites (tertiary alicyclic amines) is 1. The third-order valence-corrected chi connectivity index (χ3v) is 7.66. The summed E-state index contributed by atoms with van der Waals surface area (Å²) in [4.78, 5) is 33.4. The van der Waals surface area contributed by atoms with Crippen molar-refractivity contribution in [2.75, 3.05) is 53.5 Å². The fraction of sp³-hybridized carbons (Fsp3) is 0.455. The molecule has 0 spiro atoms. The number of methoxy groups -OCH3 is 2. The van der Waals surface area contributed by atoms with Gasteiger partial charge >= 0.3 is 0 Å². The maximum Gasteiger partial charge on any atom is 0.254 e. The first-order valence-corrected chi connectivity index (χ1v) is 14.5. The Morgan fingerprint density at radius 1 is 0.854 bits per heavy atom. The average molecular weight is 562 g/mol. The summed E-state index contributed by atoms with van der Waals surface area (Å²) < 4.78 is 16.7. The molecule has 0 radical (unpaired) electrons. The first-order valence-electron chi connectivity index (χ1n) is 14.5. The predicted octanol–water partition coefficient (Wildman–Crippen LogP) is 5.11. The van der Waals surface area contributed by atoms with E-state index in [1.165, 1.54) is 19.3 Å². The highest BCUT2D eigenvalue weighted by Gasteiger charge is 2.24. The van der Waals surface area contributed by atoms with Crippen LogP contribution in [-0.2, 0) is 17.8 Å². The van der Waals surface area contributed by atoms with Gasteiger partial charge in [-0.25, -0.2) is 0 Å². The number of piperidine rings is 1. The summed E-state index contributed by atoms with van der Waals surface area (Å²) in [5.74, 6) is 2.59. The predicted molar refractivity (Wildman–Crippen MR) is 159 cm³/mol. The van der Waals surface area contributed by atoms with Crippen molar-refractivity contribution in [3.05, 3.63) is 82.8 Å². The van der Waals surface area contributed by atoms with Crippen molar-refractivity contribution in [1.82, 2.24) is 14.7 Å². The standard InChI is InChI=1S/C33H43N3O5/c1-25-8-12-28(13-9-25)33(38)36(21-20-34-17-6-5-7-18-34)24-32(37)35(23-29-14-10-26(2)41-29)19-16-27-11-15-30(39-3)31(22-27)40-4/h8-15,22H,5-7,16-21,23-24H2,1-4H3. The maximum atomic E-state index is 13.9. The molecule has 0 aliphatic carbocycles. The van der Waals surface area contributed by atoms with Gasteiger partial charge in [-0.05, 0) is 88.2 Å². The van der Waals surface area contributed by atoms with Crippen molar-refractivity contribution in [1.29, 1.82) is 0 Å². The minimum absolute atomic E-state index is 0.00613. The summed E-state index contributed by atoms with van der Waals surface area (Å²) in [7, 11) is 3.22. The van der Waals surface area contributed by atoms with E-state index in [4.69, 9.17) is 13.9 Å². The number of ether oxygens (including phenoxy) is 2. The number of hydrogen-bond donors (Lipinski definition) is 0. The molecular formula is C33H43N3O5. The molecule has 1 aromatic heterocycles. The van der Waals surface area contributed by atoms with E-state index in [0.717, 1.165) is 36.5 Å². The van der Waals surface area contributed by atoms with E-state index in [1.807, 2.05) is 68.4 Å². The van der Waals surface area contributed by atoms with Crippen LogP contribution in [0.15, 0.2) is 59.0 Å². The number of rotatable bonds is 13. The molecule has 4 rings (SSSR count). The second-order valence-corrected chi connectivity index (χ2v) is 10.8. The zero-order chi connectivity index (χ0) is 29.2. The Labute approximate surface area is 243 Å². The van der Waals surface area contributed by atoms with Gasteiger partial charge in [-0.15, -0.1) is 0 Å². The van der Waals surface area contributed by atoms with Crippen molar-refractivity contribution >= 4 is 11.8 Å². The molecule has 220 valence electrons. The lowest BCUT2D eigenvalue weighted by molar-refractivity contribution is -0.132. The highest BCUT2D eigenvalue weighted by molar-refractivity contribution is 5.96. The van der Waals surface area contributed by atoms with E-state index < -0.39 is 0 Å². The summed E-state index contributed by atoms with van der Waals surface area (Å²) in [5, 5.41) is 0. The Hall–Kier alpha value is -3.78. The summed E-state index contributed by atoms with van der Waals surface area (Å²) in [5.41, 5.74) is 2.71. The first kappa shape index (κ1) is 30.2. The third-order valence-electron chi connectivity index (χ3n) is 7.66. The van der Waals surface area contributed by atoms with Gasteiger partial charge in [-0.2, -0.15) is 0 Å². The summed E-state index contributed by atoms with van der Waals surface area (Å²) in [6, 6.07) is 17.2. The largest absolute Gasteiger partial charge is 0.493 e. The topological polar surface area (TPSA) is 75.5 Å². The number of hydrogen-bond acceptors (Lipinski definition) is 6. The van der Waals surface area contributed by atoms with Crippen molar-refractivity contribution in [2.45, 2.75) is 46.1 Å². The van der Waals surface area contributed by atoms with Crippen LogP contribution in [0, 0.1) is 13.8 Å². The molecule has 0 atom stereocenters. The van der Waals surface area contributed by atoms with Gasteiger partial charge in [0.05, 0.1) is 20.8 Å². The second kappa shape index (κ2) is 14.7. The molecule has 41 heavy (non-hydrogen) atoms. The molecule has 8 nitrogen and oxygen atoms in total. The van der Waals surface area contributed by atoms with Crippen LogP contribution in [0.5, 0.6) is 11.5 Å². The molecule has 1 aliphatic heterocycles. The highest BCUT2D eigenvalue weighted by Crippen LogP contribution is 2.28. The summed E-state index contributed by atoms with van der Waals surface area (Å²) in [6.07, 6.45) is 4.22. The Balaban J connectivity index is 1.51. The van der Waals surface area contributed by atoms with E-state index >= 15 is 0 Å². The number of carbonyl (C=O) groups excluding carboxylic acids is 2. The van der Waals surface area contributed by atoms with Crippen LogP contribution in [-0.4, -0.2) is 80.0 Å². The molecule has 2 heterocycles. The number of nitrogens with zero attached hydrogens (tertiary/aromatic N) is 3. The second-order valence-electron chi connectivity index (χ2n) is 10.8. The maximum absolute atomic E-state index is 13.9. The lowest BCUT2D eigenvalue weighted by atomic mass is 10.1. The Bertz CT molecular complexity index is 1280. The lowest BCUT2D eigenvalue weighted by Gasteiger charge is -2.31. The molecule has 1 aliphatic rings. The Morgan fingerprint density at radius 3 is 2.24 bits per heavy atom. The SMILES string of the molecule is COc1ccc(CCN(Cc2ccc(C)o2)C(=O)CN(CCN2CCCCC2)C(=O)c2ccc(C)cc2)cc1OC. The number of aryl methyl sites for hydroxylation is 2. The van der Waals surface area contributed by atoms with Crippen LogP contribution >= 0.6 is 0 Å². The van der Waals surface area contributed by atoms with Gasteiger partial charge in [-0.1, -0.05) is 30.2 Å². The van der Waals surface area contributed by atoms with Crippen LogP contribution in [0.2, 0.25) is 0 Å². The zero-order valence-electron chi connectivity index (χ0n) is 24.9. The Kier molecular flexibility index (Phi) is 10.8. The highest BCUT2D eigenvalue weighted by atomic mass is 16.5. The molecule has 1 saturated heterocycles. The number of amides is 2. The molecule has 3 aromatic rings. The molecule has 0 bridgehead atoms. The van der Waals surface area contributed by atoms with E-state index in [2.05, 4.69) is 4.90 Å². The molecule has 2 amide bonds. The zero-order valence-corrected chi connectivity index (χ0v) is 24.9. The quantitative estimate of drug-likeness (QED) is 0.289. The van der Waals surface area contributed by atoms with Crippen LogP contribution in [0.4, 0.5) is 0 Å². The Morgan fingerprint density at radius 2 is 1.59 bits per heavy atom. The van der Waals surface area contributed by atoms with E-state index in [-0.39, 0.29) is 18.4 Å². The van der Waals surface area contributed by atoms with Crippen LogP contribution in [0.1, 0.15) is 52.3 Å². The van der Waals surface area contributed by atoms with E-state index in [0.29, 0.717) is 48.9 Å². The third kappa shape index (κ3) is 8.60. The van der Waals surface area contributed by atoms with Crippen molar-refractivity contribution in [3.63, 3.8) is 0 Å². The van der Waals surface area contributed by atoms with Crippen molar-refractivity contribution < 1.29 is 23.5 Å². The van der Waals surface area contributed by atoms with Crippen LogP contribution in [0.25, 0.3) is 0 Å². The number of carbonyl (C=O) groups is 2. The normalized spacial score (nSPS) is 13.6. The van der Waals surface area contributed by atoms with E-state index in [9.17, 15) is 9.59 Å². The van der Waals surface area contributed by atoms with Crippen LogP contribution < -0.4 is 9.47 Å². The van der Waals surface area contributed by atoms with Crippen molar-refractivity contribution in [2.24, 2.45) is 0 Å². The fourth-order valence-corrected chi connectivity index (χ4v) is 5.19.